The topological polar surface area (TPSA) is 88.4 Å². The number of carbonyl (C=O) groups excluding carboxylic acids is 2. The summed E-state index contributed by atoms with van der Waals surface area (Å²) >= 11 is 0. The molecule has 0 unspecified atom stereocenters. The van der Waals surface area contributed by atoms with E-state index in [1.807, 2.05) is 6.07 Å². The number of ether oxygens (including phenoxy) is 2. The predicted octanol–water partition coefficient (Wildman–Crippen LogP) is 3.03. The number of hydrogen-bond donors (Lipinski definition) is 1. The number of nitriles is 1. The number of hydrogen-bond acceptors (Lipinski definition) is 5. The number of benzene rings is 2. The molecule has 0 saturated carbocycles. The summed E-state index contributed by atoms with van der Waals surface area (Å²) in [6, 6.07) is 15.3. The summed E-state index contributed by atoms with van der Waals surface area (Å²) < 4.78 is 9.76. The molecule has 0 aliphatic rings. The van der Waals surface area contributed by atoms with Gasteiger partial charge in [-0.05, 0) is 48.0 Å². The van der Waals surface area contributed by atoms with Gasteiger partial charge >= 0.3 is 5.97 Å². The smallest absolute Gasteiger partial charge is 0.337 e. The molecule has 0 saturated heterocycles. The molecular formula is C19H16N2O4. The molecule has 0 aliphatic heterocycles. The second-order valence-electron chi connectivity index (χ2n) is 4.91. The fraction of sp³-hybridized carbons (Fsp3) is 0.105. The van der Waals surface area contributed by atoms with Crippen molar-refractivity contribution in [1.82, 2.24) is 0 Å². The highest BCUT2D eigenvalue weighted by Gasteiger charge is 2.05. The van der Waals surface area contributed by atoms with E-state index in [2.05, 4.69) is 10.1 Å². The van der Waals surface area contributed by atoms with Crippen molar-refractivity contribution in [2.24, 2.45) is 0 Å². The Morgan fingerprint density at radius 3 is 2.40 bits per heavy atom. The summed E-state index contributed by atoms with van der Waals surface area (Å²) in [6.07, 6.45) is 3.06. The van der Waals surface area contributed by atoms with Crippen LogP contribution in [-0.4, -0.2) is 25.6 Å². The molecule has 0 spiro atoms. The van der Waals surface area contributed by atoms with E-state index in [1.54, 1.807) is 54.6 Å². The van der Waals surface area contributed by atoms with Gasteiger partial charge in [0.05, 0.1) is 12.7 Å². The highest BCUT2D eigenvalue weighted by Crippen LogP contribution is 2.14. The van der Waals surface area contributed by atoms with Gasteiger partial charge in [0, 0.05) is 11.8 Å². The van der Waals surface area contributed by atoms with E-state index in [1.165, 1.54) is 13.2 Å². The SMILES string of the molecule is COC(=O)c1ccc(NC(=O)/C=C/c2ccc(OCC#N)cc2)cc1. The first-order valence-electron chi connectivity index (χ1n) is 7.39. The fourth-order valence-electron chi connectivity index (χ4n) is 1.95. The summed E-state index contributed by atoms with van der Waals surface area (Å²) in [5.41, 5.74) is 1.80. The average Bonchev–Trinajstić information content (AvgIpc) is 2.65. The van der Waals surface area contributed by atoms with Crippen LogP contribution >= 0.6 is 0 Å². The van der Waals surface area contributed by atoms with Gasteiger partial charge in [0.15, 0.2) is 6.61 Å². The van der Waals surface area contributed by atoms with Gasteiger partial charge < -0.3 is 14.8 Å². The highest BCUT2D eigenvalue weighted by atomic mass is 16.5. The Kier molecular flexibility index (Phi) is 6.32. The molecule has 2 rings (SSSR count). The second-order valence-corrected chi connectivity index (χ2v) is 4.91. The van der Waals surface area contributed by atoms with Crippen LogP contribution in [0.15, 0.2) is 54.6 Å². The van der Waals surface area contributed by atoms with Crippen LogP contribution in [0.3, 0.4) is 0 Å². The number of rotatable bonds is 6. The molecule has 0 aromatic heterocycles. The van der Waals surface area contributed by atoms with Crippen LogP contribution < -0.4 is 10.1 Å². The lowest BCUT2D eigenvalue weighted by molar-refractivity contribution is -0.111. The van der Waals surface area contributed by atoms with Gasteiger partial charge in [0.2, 0.25) is 5.91 Å². The Bertz CT molecular complexity index is 803. The molecule has 2 aromatic carbocycles. The third-order valence-corrected chi connectivity index (χ3v) is 3.18. The molecule has 0 aliphatic carbocycles. The molecular weight excluding hydrogens is 320 g/mol. The van der Waals surface area contributed by atoms with Crippen molar-refractivity contribution in [1.29, 1.82) is 5.26 Å². The molecule has 0 fully saturated rings. The monoisotopic (exact) mass is 336 g/mol. The van der Waals surface area contributed by atoms with E-state index in [4.69, 9.17) is 10.00 Å². The van der Waals surface area contributed by atoms with E-state index in [0.717, 1.165) is 5.56 Å². The van der Waals surface area contributed by atoms with Crippen LogP contribution in [0.2, 0.25) is 0 Å². The standard InChI is InChI=1S/C19H16N2O4/c1-24-19(23)15-5-7-16(8-6-15)21-18(22)11-4-14-2-9-17(10-3-14)25-13-12-20/h2-11H,13H2,1H3,(H,21,22)/b11-4+. The van der Waals surface area contributed by atoms with E-state index in [-0.39, 0.29) is 12.5 Å². The van der Waals surface area contributed by atoms with Gasteiger partial charge in [-0.1, -0.05) is 12.1 Å². The number of esters is 1. The minimum atomic E-state index is -0.431. The summed E-state index contributed by atoms with van der Waals surface area (Å²) in [7, 11) is 1.31. The number of methoxy groups -OCH3 is 1. The Morgan fingerprint density at radius 1 is 1.12 bits per heavy atom. The molecule has 2 aromatic rings. The first-order valence-corrected chi connectivity index (χ1v) is 7.39. The predicted molar refractivity (Wildman–Crippen MR) is 93.0 cm³/mol. The van der Waals surface area contributed by atoms with E-state index in [0.29, 0.717) is 17.0 Å². The van der Waals surface area contributed by atoms with Crippen molar-refractivity contribution < 1.29 is 19.1 Å². The van der Waals surface area contributed by atoms with Crippen molar-refractivity contribution in [3.05, 3.63) is 65.7 Å². The number of nitrogens with one attached hydrogen (secondary N) is 1. The molecule has 0 radical (unpaired) electrons. The molecule has 25 heavy (non-hydrogen) atoms. The number of carbonyl (C=O) groups is 2. The molecule has 1 N–H and O–H groups in total. The maximum atomic E-state index is 11.9. The normalized spacial score (nSPS) is 10.1. The number of anilines is 1. The van der Waals surface area contributed by atoms with Gasteiger partial charge in [-0.3, -0.25) is 4.79 Å². The van der Waals surface area contributed by atoms with Crippen LogP contribution in [0.25, 0.3) is 6.08 Å². The van der Waals surface area contributed by atoms with E-state index in [9.17, 15) is 9.59 Å². The average molecular weight is 336 g/mol. The molecule has 1 amide bonds. The van der Waals surface area contributed by atoms with Crippen LogP contribution in [0.4, 0.5) is 5.69 Å². The van der Waals surface area contributed by atoms with Crippen molar-refractivity contribution >= 4 is 23.6 Å². The molecule has 6 nitrogen and oxygen atoms in total. The second kappa shape index (κ2) is 8.89. The van der Waals surface area contributed by atoms with Gasteiger partial charge in [0.1, 0.15) is 11.8 Å². The van der Waals surface area contributed by atoms with Crippen LogP contribution in [0.1, 0.15) is 15.9 Å². The van der Waals surface area contributed by atoms with Crippen molar-refractivity contribution in [3.63, 3.8) is 0 Å². The molecule has 126 valence electrons. The van der Waals surface area contributed by atoms with Crippen LogP contribution in [-0.2, 0) is 9.53 Å². The summed E-state index contributed by atoms with van der Waals surface area (Å²) in [5, 5.41) is 11.1. The third-order valence-electron chi connectivity index (χ3n) is 3.18. The number of amides is 1. The Hall–Kier alpha value is -3.59. The molecule has 6 heteroatoms. The zero-order valence-corrected chi connectivity index (χ0v) is 13.6. The molecule has 0 atom stereocenters. The van der Waals surface area contributed by atoms with Gasteiger partial charge in [0.25, 0.3) is 0 Å². The lowest BCUT2D eigenvalue weighted by atomic mass is 10.2. The zero-order chi connectivity index (χ0) is 18.1. The lowest BCUT2D eigenvalue weighted by Gasteiger charge is -2.04. The summed E-state index contributed by atoms with van der Waals surface area (Å²) in [6.45, 7) is -0.00758. The maximum Gasteiger partial charge on any atom is 0.337 e. The largest absolute Gasteiger partial charge is 0.479 e. The summed E-state index contributed by atoms with van der Waals surface area (Å²) in [5.74, 6) is -0.135. The maximum absolute atomic E-state index is 11.9. The first kappa shape index (κ1) is 17.8. The fourth-order valence-corrected chi connectivity index (χ4v) is 1.95. The van der Waals surface area contributed by atoms with Crippen LogP contribution in [0, 0.1) is 11.3 Å². The van der Waals surface area contributed by atoms with Crippen LogP contribution in [0.5, 0.6) is 5.75 Å². The van der Waals surface area contributed by atoms with Gasteiger partial charge in [-0.2, -0.15) is 5.26 Å². The van der Waals surface area contributed by atoms with Crippen molar-refractivity contribution in [3.8, 4) is 11.8 Å². The minimum absolute atomic E-state index is 0.00758. The van der Waals surface area contributed by atoms with Crippen molar-refractivity contribution in [2.75, 3.05) is 19.0 Å². The first-order chi connectivity index (χ1) is 12.1. The van der Waals surface area contributed by atoms with Gasteiger partial charge in [-0.25, -0.2) is 4.79 Å². The summed E-state index contributed by atoms with van der Waals surface area (Å²) in [4.78, 5) is 23.3. The minimum Gasteiger partial charge on any atom is -0.479 e. The lowest BCUT2D eigenvalue weighted by Crippen LogP contribution is -2.08. The Labute approximate surface area is 145 Å². The van der Waals surface area contributed by atoms with Crippen molar-refractivity contribution in [2.45, 2.75) is 0 Å². The molecule has 0 bridgehead atoms. The Morgan fingerprint density at radius 2 is 1.80 bits per heavy atom. The quantitative estimate of drug-likeness (QED) is 0.647. The zero-order valence-electron chi connectivity index (χ0n) is 13.6. The van der Waals surface area contributed by atoms with E-state index >= 15 is 0 Å². The molecule has 0 heterocycles. The van der Waals surface area contributed by atoms with Gasteiger partial charge in [-0.15, -0.1) is 0 Å². The highest BCUT2D eigenvalue weighted by molar-refractivity contribution is 6.02. The third kappa shape index (κ3) is 5.52. The van der Waals surface area contributed by atoms with E-state index < -0.39 is 5.97 Å². The number of nitrogens with zero attached hydrogens (tertiary/aromatic N) is 1. The Balaban J connectivity index is 1.92.